The van der Waals surface area contributed by atoms with E-state index in [4.69, 9.17) is 4.52 Å². The molecule has 2 heterocycles. The summed E-state index contributed by atoms with van der Waals surface area (Å²) < 4.78 is 5.20. The van der Waals surface area contributed by atoms with E-state index < -0.39 is 11.9 Å². The fourth-order valence-electron chi connectivity index (χ4n) is 3.16. The number of amides is 1. The molecule has 0 aliphatic carbocycles. The highest BCUT2D eigenvalue weighted by atomic mass is 32.2. The monoisotopic (exact) mass is 374 g/mol. The maximum Gasteiger partial charge on any atom is 0.308 e. The van der Waals surface area contributed by atoms with Crippen molar-refractivity contribution in [2.45, 2.75) is 37.3 Å². The Balaban J connectivity index is 1.76. The molecule has 0 radical (unpaired) electrons. The molecule has 7 heteroatoms. The summed E-state index contributed by atoms with van der Waals surface area (Å²) in [6.07, 6.45) is 1.35. The van der Waals surface area contributed by atoms with E-state index in [1.807, 2.05) is 38.1 Å². The molecule has 1 saturated heterocycles. The Hall–Kier alpha value is -2.28. The number of likely N-dealkylation sites (tertiary alicyclic amines) is 1. The van der Waals surface area contributed by atoms with Gasteiger partial charge < -0.3 is 14.5 Å². The van der Waals surface area contributed by atoms with Crippen molar-refractivity contribution >= 4 is 23.6 Å². The summed E-state index contributed by atoms with van der Waals surface area (Å²) in [5.41, 5.74) is 2.52. The number of hydrogen-bond donors (Lipinski definition) is 1. The number of carboxylic acids is 1. The van der Waals surface area contributed by atoms with Gasteiger partial charge in [0.25, 0.3) is 5.91 Å². The zero-order valence-electron chi connectivity index (χ0n) is 14.9. The number of nitrogens with zero attached hydrogens (tertiary/aromatic N) is 2. The number of carboxylic acid groups (broad SMARTS) is 1. The van der Waals surface area contributed by atoms with Crippen LogP contribution in [0.25, 0.3) is 0 Å². The van der Waals surface area contributed by atoms with Gasteiger partial charge in [-0.05, 0) is 38.8 Å². The van der Waals surface area contributed by atoms with Crippen molar-refractivity contribution in [2.75, 3.05) is 13.1 Å². The lowest BCUT2D eigenvalue weighted by Crippen LogP contribution is -2.42. The molecular formula is C19H22N2O4S. The Kier molecular flexibility index (Phi) is 5.66. The van der Waals surface area contributed by atoms with Gasteiger partial charge in [-0.2, -0.15) is 0 Å². The van der Waals surface area contributed by atoms with Crippen LogP contribution in [0.4, 0.5) is 0 Å². The van der Waals surface area contributed by atoms with Crippen LogP contribution in [-0.4, -0.2) is 40.1 Å². The largest absolute Gasteiger partial charge is 0.481 e. The Morgan fingerprint density at radius 1 is 1.35 bits per heavy atom. The Labute approximate surface area is 156 Å². The highest BCUT2D eigenvalue weighted by Gasteiger charge is 2.29. The Bertz CT molecular complexity index is 798. The van der Waals surface area contributed by atoms with Gasteiger partial charge in [0, 0.05) is 29.3 Å². The van der Waals surface area contributed by atoms with Crippen molar-refractivity contribution in [1.29, 1.82) is 0 Å². The molecule has 0 bridgehead atoms. The summed E-state index contributed by atoms with van der Waals surface area (Å²) in [5, 5.41) is 13.2. The van der Waals surface area contributed by atoms with Crippen LogP contribution in [0, 0.1) is 19.8 Å². The number of benzene rings is 1. The standard InChI is InChI=1S/C19H22N2O4S/c1-12-16(13(2)25-20-12)11-26-17-8-4-3-7-15(17)18(22)21-9-5-6-14(10-21)19(23)24/h3-4,7-8,14H,5-6,9-11H2,1-2H3,(H,23,24)/t14-/m0/s1. The SMILES string of the molecule is Cc1noc(C)c1CSc1ccccc1C(=O)N1CCC[C@H](C(=O)O)C1. The van der Waals surface area contributed by atoms with E-state index in [0.717, 1.165) is 28.3 Å². The number of aliphatic carboxylic acids is 1. The molecule has 1 aliphatic heterocycles. The van der Waals surface area contributed by atoms with Crippen LogP contribution < -0.4 is 0 Å². The third kappa shape index (κ3) is 3.93. The lowest BCUT2D eigenvalue weighted by atomic mass is 9.97. The van der Waals surface area contributed by atoms with Crippen molar-refractivity contribution < 1.29 is 19.2 Å². The molecule has 1 fully saturated rings. The van der Waals surface area contributed by atoms with Crippen molar-refractivity contribution in [1.82, 2.24) is 10.1 Å². The molecule has 26 heavy (non-hydrogen) atoms. The second-order valence-electron chi connectivity index (χ2n) is 6.52. The van der Waals surface area contributed by atoms with Crippen LogP contribution in [0.3, 0.4) is 0 Å². The summed E-state index contributed by atoms with van der Waals surface area (Å²) >= 11 is 1.57. The molecule has 0 saturated carbocycles. The Morgan fingerprint density at radius 2 is 2.12 bits per heavy atom. The van der Waals surface area contributed by atoms with Gasteiger partial charge in [-0.15, -0.1) is 11.8 Å². The number of hydrogen-bond acceptors (Lipinski definition) is 5. The number of aromatic nitrogens is 1. The highest BCUT2D eigenvalue weighted by molar-refractivity contribution is 7.98. The van der Waals surface area contributed by atoms with Crippen LogP contribution in [-0.2, 0) is 10.5 Å². The summed E-state index contributed by atoms with van der Waals surface area (Å²) in [5.74, 6) is 0.0544. The number of aryl methyl sites for hydroxylation is 2. The lowest BCUT2D eigenvalue weighted by Gasteiger charge is -2.31. The lowest BCUT2D eigenvalue weighted by molar-refractivity contribution is -0.143. The molecule has 3 rings (SSSR count). The first-order chi connectivity index (χ1) is 12.5. The van der Waals surface area contributed by atoms with E-state index in [-0.39, 0.29) is 12.5 Å². The minimum Gasteiger partial charge on any atom is -0.481 e. The predicted molar refractivity (Wildman–Crippen MR) is 98.2 cm³/mol. The fraction of sp³-hybridized carbons (Fsp3) is 0.421. The predicted octanol–water partition coefficient (Wildman–Crippen LogP) is 3.52. The normalized spacial score (nSPS) is 17.3. The first kappa shape index (κ1) is 18.5. The third-order valence-electron chi connectivity index (χ3n) is 4.73. The van der Waals surface area contributed by atoms with Gasteiger partial charge in [-0.25, -0.2) is 0 Å². The van der Waals surface area contributed by atoms with Gasteiger partial charge in [0.15, 0.2) is 0 Å². The van der Waals surface area contributed by atoms with Crippen LogP contribution in [0.2, 0.25) is 0 Å². The Morgan fingerprint density at radius 3 is 2.81 bits per heavy atom. The summed E-state index contributed by atoms with van der Waals surface area (Å²) in [6, 6.07) is 7.48. The van der Waals surface area contributed by atoms with Gasteiger partial charge in [-0.1, -0.05) is 17.3 Å². The maximum absolute atomic E-state index is 13.0. The zero-order chi connectivity index (χ0) is 18.7. The average Bonchev–Trinajstić information content (AvgIpc) is 2.97. The van der Waals surface area contributed by atoms with E-state index in [1.165, 1.54) is 0 Å². The molecule has 1 aromatic carbocycles. The van der Waals surface area contributed by atoms with Crippen molar-refractivity contribution in [3.05, 3.63) is 46.8 Å². The van der Waals surface area contributed by atoms with Crippen molar-refractivity contribution in [3.8, 4) is 0 Å². The maximum atomic E-state index is 13.0. The first-order valence-corrected chi connectivity index (χ1v) is 9.61. The quantitative estimate of drug-likeness (QED) is 0.806. The molecular weight excluding hydrogens is 352 g/mol. The first-order valence-electron chi connectivity index (χ1n) is 8.63. The molecule has 1 aliphatic rings. The number of carbonyl (C=O) groups is 2. The van der Waals surface area contributed by atoms with E-state index in [1.54, 1.807) is 16.7 Å². The van der Waals surface area contributed by atoms with Crippen LogP contribution in [0.15, 0.2) is 33.7 Å². The average molecular weight is 374 g/mol. The van der Waals surface area contributed by atoms with Crippen LogP contribution in [0.5, 0.6) is 0 Å². The third-order valence-corrected chi connectivity index (χ3v) is 5.83. The summed E-state index contributed by atoms with van der Waals surface area (Å²) in [4.78, 5) is 26.8. The topological polar surface area (TPSA) is 83.6 Å². The number of piperidine rings is 1. The number of carbonyl (C=O) groups excluding carboxylic acids is 1. The summed E-state index contributed by atoms with van der Waals surface area (Å²) in [6.45, 7) is 4.67. The van der Waals surface area contributed by atoms with Crippen molar-refractivity contribution in [2.24, 2.45) is 5.92 Å². The van der Waals surface area contributed by atoms with E-state index in [9.17, 15) is 14.7 Å². The van der Waals surface area contributed by atoms with Gasteiger partial charge in [0.2, 0.25) is 0 Å². The van der Waals surface area contributed by atoms with E-state index >= 15 is 0 Å². The van der Waals surface area contributed by atoms with Gasteiger partial charge in [-0.3, -0.25) is 9.59 Å². The molecule has 138 valence electrons. The molecule has 1 amide bonds. The van der Waals surface area contributed by atoms with Gasteiger partial charge in [0.05, 0.1) is 17.2 Å². The minimum atomic E-state index is -0.830. The van der Waals surface area contributed by atoms with Crippen LogP contribution >= 0.6 is 11.8 Å². The molecule has 0 spiro atoms. The van der Waals surface area contributed by atoms with Gasteiger partial charge >= 0.3 is 5.97 Å². The van der Waals surface area contributed by atoms with Gasteiger partial charge in [0.1, 0.15) is 5.76 Å². The van der Waals surface area contributed by atoms with Crippen LogP contribution in [0.1, 0.15) is 40.2 Å². The number of thioether (sulfide) groups is 1. The fourth-order valence-corrected chi connectivity index (χ4v) is 4.36. The number of rotatable bonds is 5. The minimum absolute atomic E-state index is 0.0992. The molecule has 2 aromatic rings. The molecule has 1 N–H and O–H groups in total. The smallest absolute Gasteiger partial charge is 0.308 e. The van der Waals surface area contributed by atoms with Crippen molar-refractivity contribution in [3.63, 3.8) is 0 Å². The highest BCUT2D eigenvalue weighted by Crippen LogP contribution is 2.30. The van der Waals surface area contributed by atoms with E-state index in [2.05, 4.69) is 5.16 Å². The van der Waals surface area contributed by atoms with E-state index in [0.29, 0.717) is 24.3 Å². The molecule has 1 aromatic heterocycles. The second kappa shape index (κ2) is 7.95. The molecule has 1 atom stereocenters. The molecule has 6 nitrogen and oxygen atoms in total. The zero-order valence-corrected chi connectivity index (χ0v) is 15.7. The molecule has 0 unspecified atom stereocenters. The second-order valence-corrected chi connectivity index (χ2v) is 7.53. The summed E-state index contributed by atoms with van der Waals surface area (Å²) in [7, 11) is 0.